The van der Waals surface area contributed by atoms with Gasteiger partial charge >= 0.3 is 0 Å². The molecule has 0 fully saturated rings. The van der Waals surface area contributed by atoms with E-state index < -0.39 is 4.92 Å². The molecule has 1 N–H and O–H groups in total. The predicted molar refractivity (Wildman–Crippen MR) is 105 cm³/mol. The molecule has 0 aliphatic rings. The number of carbonyl (C=O) groups is 1. The third kappa shape index (κ3) is 4.81. The van der Waals surface area contributed by atoms with Crippen molar-refractivity contribution >= 4 is 11.6 Å². The van der Waals surface area contributed by atoms with Gasteiger partial charge in [-0.1, -0.05) is 0 Å². The lowest BCUT2D eigenvalue weighted by molar-refractivity contribution is -0.384. The van der Waals surface area contributed by atoms with Gasteiger partial charge in [0.25, 0.3) is 11.6 Å². The molecule has 152 valence electrons. The van der Waals surface area contributed by atoms with Crippen molar-refractivity contribution in [3.05, 3.63) is 75.5 Å². The number of hydrogen-bond donors (Lipinski definition) is 1. The van der Waals surface area contributed by atoms with Gasteiger partial charge in [-0.05, 0) is 45.0 Å². The fourth-order valence-corrected chi connectivity index (χ4v) is 2.86. The van der Waals surface area contributed by atoms with Crippen LogP contribution in [0.4, 0.5) is 5.69 Å². The summed E-state index contributed by atoms with van der Waals surface area (Å²) >= 11 is 0. The van der Waals surface area contributed by atoms with Crippen molar-refractivity contribution in [3.8, 4) is 5.75 Å². The highest BCUT2D eigenvalue weighted by atomic mass is 16.6. The molecule has 1 unspecified atom stereocenters. The number of furan rings is 1. The Bertz CT molecular complexity index is 1010. The zero-order valence-electron chi connectivity index (χ0n) is 16.4. The SMILES string of the molecule is CCn1cc(C(C)NC(=O)c2ccc(COc3ccc([N+](=O)[O-])cc3)o2)c(C)n1. The maximum Gasteiger partial charge on any atom is 0.287 e. The summed E-state index contributed by atoms with van der Waals surface area (Å²) in [6, 6.07) is 8.77. The first-order chi connectivity index (χ1) is 13.9. The zero-order chi connectivity index (χ0) is 21.0. The number of aromatic nitrogens is 2. The average Bonchev–Trinajstić information content (AvgIpc) is 3.33. The molecule has 29 heavy (non-hydrogen) atoms. The Morgan fingerprint density at radius 3 is 2.66 bits per heavy atom. The third-order valence-corrected chi connectivity index (χ3v) is 4.44. The quantitative estimate of drug-likeness (QED) is 0.456. The van der Waals surface area contributed by atoms with E-state index in [2.05, 4.69) is 10.4 Å². The van der Waals surface area contributed by atoms with Crippen molar-refractivity contribution in [3.63, 3.8) is 0 Å². The monoisotopic (exact) mass is 398 g/mol. The molecule has 3 aromatic rings. The largest absolute Gasteiger partial charge is 0.486 e. The van der Waals surface area contributed by atoms with Crippen LogP contribution in [-0.4, -0.2) is 20.6 Å². The summed E-state index contributed by atoms with van der Waals surface area (Å²) in [7, 11) is 0. The van der Waals surface area contributed by atoms with Crippen LogP contribution in [0.3, 0.4) is 0 Å². The number of benzene rings is 1. The van der Waals surface area contributed by atoms with Crippen LogP contribution in [0.25, 0.3) is 0 Å². The highest BCUT2D eigenvalue weighted by Crippen LogP contribution is 2.20. The molecule has 0 radical (unpaired) electrons. The number of rotatable bonds is 8. The minimum atomic E-state index is -0.475. The van der Waals surface area contributed by atoms with E-state index in [1.54, 1.807) is 12.1 Å². The lowest BCUT2D eigenvalue weighted by atomic mass is 10.1. The Labute approximate surface area is 167 Å². The van der Waals surface area contributed by atoms with Crippen molar-refractivity contribution in [2.24, 2.45) is 0 Å². The van der Waals surface area contributed by atoms with E-state index in [-0.39, 0.29) is 30.0 Å². The molecule has 0 aliphatic heterocycles. The van der Waals surface area contributed by atoms with Crippen LogP contribution in [0, 0.1) is 17.0 Å². The van der Waals surface area contributed by atoms with Crippen LogP contribution in [0.2, 0.25) is 0 Å². The summed E-state index contributed by atoms with van der Waals surface area (Å²) in [5, 5.41) is 18.0. The fourth-order valence-electron chi connectivity index (χ4n) is 2.86. The molecule has 2 aromatic heterocycles. The number of ether oxygens (including phenoxy) is 1. The first-order valence-electron chi connectivity index (χ1n) is 9.18. The molecule has 0 spiro atoms. The molecule has 1 amide bonds. The van der Waals surface area contributed by atoms with Gasteiger partial charge in [-0.15, -0.1) is 0 Å². The van der Waals surface area contributed by atoms with Gasteiger partial charge in [-0.2, -0.15) is 5.10 Å². The van der Waals surface area contributed by atoms with Gasteiger partial charge in [0.15, 0.2) is 5.76 Å². The Hall–Kier alpha value is -3.62. The standard InChI is InChI=1S/C20H22N4O5/c1-4-23-11-18(14(3)22-23)13(2)21-20(25)19-10-9-17(29-19)12-28-16-7-5-15(6-8-16)24(26)27/h5-11,13H,4,12H2,1-3H3,(H,21,25). The Morgan fingerprint density at radius 2 is 2.03 bits per heavy atom. The van der Waals surface area contributed by atoms with Gasteiger partial charge in [0.05, 0.1) is 16.7 Å². The van der Waals surface area contributed by atoms with E-state index in [0.29, 0.717) is 11.5 Å². The molecule has 3 rings (SSSR count). The van der Waals surface area contributed by atoms with Crippen molar-refractivity contribution < 1.29 is 18.9 Å². The van der Waals surface area contributed by atoms with Gasteiger partial charge < -0.3 is 14.5 Å². The zero-order valence-corrected chi connectivity index (χ0v) is 16.4. The van der Waals surface area contributed by atoms with Gasteiger partial charge in [0.1, 0.15) is 18.1 Å². The first-order valence-corrected chi connectivity index (χ1v) is 9.18. The molecule has 1 atom stereocenters. The lowest BCUT2D eigenvalue weighted by Crippen LogP contribution is -2.26. The van der Waals surface area contributed by atoms with Crippen molar-refractivity contribution in [1.82, 2.24) is 15.1 Å². The Balaban J connectivity index is 1.57. The lowest BCUT2D eigenvalue weighted by Gasteiger charge is -2.12. The number of nitrogens with one attached hydrogen (secondary N) is 1. The Morgan fingerprint density at radius 1 is 1.31 bits per heavy atom. The third-order valence-electron chi connectivity index (χ3n) is 4.44. The van der Waals surface area contributed by atoms with Crippen LogP contribution in [0.15, 0.2) is 47.0 Å². The van der Waals surface area contributed by atoms with Crippen LogP contribution in [0.1, 0.15) is 47.5 Å². The van der Waals surface area contributed by atoms with Crippen molar-refractivity contribution in [1.29, 1.82) is 0 Å². The number of hydrogen-bond acceptors (Lipinski definition) is 6. The highest BCUT2D eigenvalue weighted by Gasteiger charge is 2.18. The van der Waals surface area contributed by atoms with Gasteiger partial charge in [0.2, 0.25) is 0 Å². The number of amides is 1. The van der Waals surface area contributed by atoms with Crippen LogP contribution < -0.4 is 10.1 Å². The molecular weight excluding hydrogens is 376 g/mol. The van der Waals surface area contributed by atoms with Crippen molar-refractivity contribution in [2.75, 3.05) is 0 Å². The van der Waals surface area contributed by atoms with Crippen LogP contribution in [0.5, 0.6) is 5.75 Å². The summed E-state index contributed by atoms with van der Waals surface area (Å²) in [6.07, 6.45) is 1.92. The van der Waals surface area contributed by atoms with Gasteiger partial charge in [-0.25, -0.2) is 0 Å². The predicted octanol–water partition coefficient (Wildman–Crippen LogP) is 3.78. The number of nitro groups is 1. The molecule has 1 aromatic carbocycles. The highest BCUT2D eigenvalue weighted by molar-refractivity contribution is 5.91. The minimum Gasteiger partial charge on any atom is -0.486 e. The second-order valence-electron chi connectivity index (χ2n) is 6.53. The molecule has 9 nitrogen and oxygen atoms in total. The summed E-state index contributed by atoms with van der Waals surface area (Å²) in [4.78, 5) is 22.7. The maximum absolute atomic E-state index is 12.5. The minimum absolute atomic E-state index is 0.0110. The van der Waals surface area contributed by atoms with E-state index in [1.165, 1.54) is 24.3 Å². The maximum atomic E-state index is 12.5. The van der Waals surface area contributed by atoms with E-state index in [4.69, 9.17) is 9.15 Å². The van der Waals surface area contributed by atoms with Crippen LogP contribution in [-0.2, 0) is 13.2 Å². The molecule has 0 bridgehead atoms. The molecular formula is C20H22N4O5. The van der Waals surface area contributed by atoms with Gasteiger partial charge in [0, 0.05) is 30.4 Å². The smallest absolute Gasteiger partial charge is 0.287 e. The van der Waals surface area contributed by atoms with E-state index in [9.17, 15) is 14.9 Å². The summed E-state index contributed by atoms with van der Waals surface area (Å²) in [5.41, 5.74) is 1.81. The topological polar surface area (TPSA) is 112 Å². The molecule has 9 heteroatoms. The average molecular weight is 398 g/mol. The number of nitro benzene ring substituents is 1. The Kier molecular flexibility index (Phi) is 5.96. The van der Waals surface area contributed by atoms with E-state index >= 15 is 0 Å². The normalized spacial score (nSPS) is 11.8. The number of non-ortho nitro benzene ring substituents is 1. The number of aryl methyl sites for hydroxylation is 2. The fraction of sp³-hybridized carbons (Fsp3) is 0.300. The summed E-state index contributed by atoms with van der Waals surface area (Å²) in [6.45, 7) is 6.66. The number of carbonyl (C=O) groups excluding carboxylic acids is 1. The molecule has 0 aliphatic carbocycles. The van der Waals surface area contributed by atoms with E-state index in [1.807, 2.05) is 31.6 Å². The van der Waals surface area contributed by atoms with E-state index in [0.717, 1.165) is 17.8 Å². The second-order valence-corrected chi connectivity index (χ2v) is 6.53. The summed E-state index contributed by atoms with van der Waals surface area (Å²) < 4.78 is 12.9. The molecule has 0 saturated carbocycles. The summed E-state index contributed by atoms with van der Waals surface area (Å²) in [5.74, 6) is 0.786. The molecule has 0 saturated heterocycles. The second kappa shape index (κ2) is 8.59. The molecule has 2 heterocycles. The number of nitrogens with zero attached hydrogens (tertiary/aromatic N) is 3. The van der Waals surface area contributed by atoms with Crippen LogP contribution >= 0.6 is 0 Å². The van der Waals surface area contributed by atoms with Gasteiger partial charge in [-0.3, -0.25) is 19.6 Å². The van der Waals surface area contributed by atoms with Crippen molar-refractivity contribution in [2.45, 2.75) is 40.0 Å². The first kappa shape index (κ1) is 20.1.